The number of carbonyl (C=O) groups is 2. The van der Waals surface area contributed by atoms with E-state index in [2.05, 4.69) is 21.6 Å². The number of hydrogen-bond acceptors (Lipinski definition) is 15. The molecule has 5 aromatic rings. The number of rotatable bonds is 24. The molecular formula is C54H63N5O12S2. The summed E-state index contributed by atoms with van der Waals surface area (Å²) in [6, 6.07) is 28.4. The molecule has 3 aliphatic heterocycles. The molecule has 2 amide bonds. The molecule has 3 N–H and O–H groups in total. The summed E-state index contributed by atoms with van der Waals surface area (Å²) < 4.78 is 74.9. The number of thiol groups is 1. The van der Waals surface area contributed by atoms with Crippen LogP contribution in [0.3, 0.4) is 0 Å². The molecule has 388 valence electrons. The van der Waals surface area contributed by atoms with Gasteiger partial charge in [-0.3, -0.25) is 19.0 Å². The second-order valence-corrected chi connectivity index (χ2v) is 22.0. The number of methoxy groups -OCH3 is 3. The maximum atomic E-state index is 14.4. The first-order valence-corrected chi connectivity index (χ1v) is 26.4. The minimum absolute atomic E-state index is 0.00607. The van der Waals surface area contributed by atoms with Gasteiger partial charge < -0.3 is 53.6 Å². The number of carbonyl (C=O) groups excluding carboxylic acids is 2. The van der Waals surface area contributed by atoms with E-state index in [-0.39, 0.29) is 59.4 Å². The Morgan fingerprint density at radius 1 is 0.836 bits per heavy atom. The fourth-order valence-corrected chi connectivity index (χ4v) is 10.5. The molecule has 19 heteroatoms. The minimum atomic E-state index is -4.49. The highest BCUT2D eigenvalue weighted by molar-refractivity contribution is 7.85. The fourth-order valence-electron chi connectivity index (χ4n) is 10.0. The van der Waals surface area contributed by atoms with Crippen molar-refractivity contribution in [3.63, 3.8) is 0 Å². The van der Waals surface area contributed by atoms with Crippen LogP contribution in [-0.4, -0.2) is 121 Å². The van der Waals surface area contributed by atoms with E-state index < -0.39 is 20.7 Å². The number of benzene rings is 5. The Morgan fingerprint density at radius 2 is 1.48 bits per heavy atom. The van der Waals surface area contributed by atoms with Crippen LogP contribution in [-0.2, 0) is 50.4 Å². The van der Waals surface area contributed by atoms with E-state index in [1.807, 2.05) is 85.5 Å². The van der Waals surface area contributed by atoms with Gasteiger partial charge >= 0.3 is 0 Å². The van der Waals surface area contributed by atoms with Gasteiger partial charge in [0.1, 0.15) is 19.1 Å². The summed E-state index contributed by atoms with van der Waals surface area (Å²) in [4.78, 5) is 34.4. The molecule has 0 bridgehead atoms. The number of hydrogen-bond donors (Lipinski definition) is 4. The zero-order chi connectivity index (χ0) is 51.5. The van der Waals surface area contributed by atoms with Crippen molar-refractivity contribution in [3.8, 4) is 23.0 Å². The van der Waals surface area contributed by atoms with Crippen LogP contribution in [0, 0.1) is 0 Å². The van der Waals surface area contributed by atoms with E-state index in [4.69, 9.17) is 45.8 Å². The van der Waals surface area contributed by atoms with Gasteiger partial charge in [0, 0.05) is 67.1 Å². The molecule has 0 aromatic heterocycles. The third kappa shape index (κ3) is 11.6. The van der Waals surface area contributed by atoms with Gasteiger partial charge in [0.05, 0.1) is 81.3 Å². The molecule has 0 saturated heterocycles. The van der Waals surface area contributed by atoms with Crippen molar-refractivity contribution < 1.29 is 55.7 Å². The van der Waals surface area contributed by atoms with Crippen LogP contribution < -0.4 is 44.3 Å². The Labute approximate surface area is 432 Å². The lowest BCUT2D eigenvalue weighted by atomic mass is 10.1. The molecule has 0 radical (unpaired) electrons. The smallest absolute Gasteiger partial charge is 0.283 e. The number of nitrogens with one attached hydrogen (secondary N) is 2. The maximum absolute atomic E-state index is 14.4. The van der Waals surface area contributed by atoms with Gasteiger partial charge in [-0.1, -0.05) is 36.4 Å². The number of ether oxygens (including phenoxy) is 7. The topological polar surface area (TPSA) is 187 Å². The Balaban J connectivity index is 1.01. The molecule has 1 fully saturated rings. The van der Waals surface area contributed by atoms with Crippen molar-refractivity contribution in [3.05, 3.63) is 124 Å². The van der Waals surface area contributed by atoms with E-state index in [0.29, 0.717) is 81.8 Å². The average molecular weight is 1040 g/mol. The summed E-state index contributed by atoms with van der Waals surface area (Å²) in [6.07, 6.45) is 2.29. The summed E-state index contributed by atoms with van der Waals surface area (Å²) in [6.45, 7) is 7.89. The van der Waals surface area contributed by atoms with E-state index in [1.165, 1.54) is 24.8 Å². The predicted molar refractivity (Wildman–Crippen MR) is 283 cm³/mol. The van der Waals surface area contributed by atoms with Gasteiger partial charge in [0.2, 0.25) is 0 Å². The summed E-state index contributed by atoms with van der Waals surface area (Å²) >= 11 is 4.93. The molecule has 17 nitrogen and oxygen atoms in total. The Kier molecular flexibility index (Phi) is 15.4. The molecule has 2 unspecified atom stereocenters. The monoisotopic (exact) mass is 1040 g/mol. The quantitative estimate of drug-likeness (QED) is 0.0268. The molecule has 73 heavy (non-hydrogen) atoms. The van der Waals surface area contributed by atoms with Crippen LogP contribution in [0.2, 0.25) is 0 Å². The average Bonchev–Trinajstić information content (AvgIpc) is 3.70. The highest BCUT2D eigenvalue weighted by atomic mass is 32.2. The molecule has 2 atom stereocenters. The zero-order valence-electron chi connectivity index (χ0n) is 41.8. The number of anilines is 5. The van der Waals surface area contributed by atoms with E-state index in [0.717, 1.165) is 46.6 Å². The Bertz CT molecular complexity index is 2970. The molecule has 4 aliphatic rings. The van der Waals surface area contributed by atoms with E-state index in [9.17, 15) is 22.6 Å². The molecule has 9 rings (SSSR count). The lowest BCUT2D eigenvalue weighted by Crippen LogP contribution is -2.41. The molecule has 3 heterocycles. The Hall–Kier alpha value is -6.22. The third-order valence-electron chi connectivity index (χ3n) is 13.5. The SMILES string of the molecule is COCCOCCOCCN(CC(C)(C)S)c1cc(COc2cc(NCS(=O)(=O)O)c(C(=O)N3CCc4ccccc43)cc2OC)cc(COc2cc3c(cc2OC)C(=O)N2c4ccccc4CC24CC4N3)c1. The van der Waals surface area contributed by atoms with Gasteiger partial charge in [-0.15, -0.1) is 0 Å². The number of nitrogens with zero attached hydrogens (tertiary/aromatic N) is 3. The van der Waals surface area contributed by atoms with Crippen molar-refractivity contribution in [2.45, 2.75) is 62.7 Å². The van der Waals surface area contributed by atoms with Crippen molar-refractivity contribution in [2.75, 3.05) is 105 Å². The Morgan fingerprint density at radius 3 is 2.16 bits per heavy atom. The van der Waals surface area contributed by atoms with Crippen molar-refractivity contribution in [1.29, 1.82) is 0 Å². The summed E-state index contributed by atoms with van der Waals surface area (Å²) in [5.41, 5.74) is 7.41. The molecule has 1 aliphatic carbocycles. The van der Waals surface area contributed by atoms with Gasteiger partial charge in [0.15, 0.2) is 23.0 Å². The van der Waals surface area contributed by atoms with Gasteiger partial charge in [-0.2, -0.15) is 21.0 Å². The van der Waals surface area contributed by atoms with Gasteiger partial charge in [-0.05, 0) is 91.4 Å². The van der Waals surface area contributed by atoms with Crippen LogP contribution in [0.25, 0.3) is 0 Å². The maximum Gasteiger partial charge on any atom is 0.283 e. The first-order chi connectivity index (χ1) is 35.1. The highest BCUT2D eigenvalue weighted by Gasteiger charge is 2.65. The lowest BCUT2D eigenvalue weighted by Gasteiger charge is -2.32. The van der Waals surface area contributed by atoms with Gasteiger partial charge in [-0.25, -0.2) is 0 Å². The van der Waals surface area contributed by atoms with Crippen molar-refractivity contribution in [1.82, 2.24) is 0 Å². The van der Waals surface area contributed by atoms with Crippen LogP contribution in [0.4, 0.5) is 28.4 Å². The van der Waals surface area contributed by atoms with Crippen LogP contribution in [0.5, 0.6) is 23.0 Å². The number of para-hydroxylation sites is 2. The summed E-state index contributed by atoms with van der Waals surface area (Å²) in [5, 5.41) is 6.41. The third-order valence-corrected chi connectivity index (χ3v) is 14.1. The molecule has 5 aromatic carbocycles. The summed E-state index contributed by atoms with van der Waals surface area (Å²) in [7, 11) is 0.150. The molecule has 1 saturated carbocycles. The van der Waals surface area contributed by atoms with Crippen LogP contribution in [0.1, 0.15) is 63.2 Å². The van der Waals surface area contributed by atoms with E-state index in [1.54, 1.807) is 25.2 Å². The fraction of sp³-hybridized carbons (Fsp3) is 0.407. The standard InChI is InChI=1S/C54H63N5O12S2/c1-53(2,72)33-57(16-17-68-20-21-69-19-18-65-3)39-23-35(31-70-48-27-42(55-34-73(62,63)64)40(25-46(48)66-4)51(60)58-15-14-37-10-6-8-12-44(37)58)22-36(24-39)32-71-49-28-43-41(26-47(49)67-5)52(61)59-45-13-9-7-11-38(45)29-54(59)30-50(54)56-43/h6-13,22-28,50,55-56,72H,14-21,29-34H2,1-5H3,(H,62,63,64). The predicted octanol–water partition coefficient (Wildman–Crippen LogP) is 7.66. The van der Waals surface area contributed by atoms with Crippen LogP contribution >= 0.6 is 12.6 Å². The highest BCUT2D eigenvalue weighted by Crippen LogP contribution is 2.57. The number of fused-ring (bicyclic) bond motifs is 4. The normalized spacial score (nSPS) is 17.4. The second kappa shape index (κ2) is 21.7. The second-order valence-electron chi connectivity index (χ2n) is 19.3. The van der Waals surface area contributed by atoms with E-state index >= 15 is 0 Å². The first kappa shape index (κ1) is 51.7. The van der Waals surface area contributed by atoms with Crippen molar-refractivity contribution >= 4 is 63.0 Å². The minimum Gasteiger partial charge on any atom is -0.493 e. The first-order valence-electron chi connectivity index (χ1n) is 24.3. The van der Waals surface area contributed by atoms with Crippen molar-refractivity contribution in [2.24, 2.45) is 0 Å². The van der Waals surface area contributed by atoms with Crippen LogP contribution in [0.15, 0.2) is 91.0 Å². The molecule has 1 spiro atoms. The molecular weight excluding hydrogens is 975 g/mol. The summed E-state index contributed by atoms with van der Waals surface area (Å²) in [5.74, 6) is 0.0100. The largest absolute Gasteiger partial charge is 0.493 e. The lowest BCUT2D eigenvalue weighted by molar-refractivity contribution is 0.0264. The zero-order valence-corrected chi connectivity index (χ0v) is 43.5. The number of amides is 2. The van der Waals surface area contributed by atoms with Gasteiger partial charge in [0.25, 0.3) is 21.9 Å².